The van der Waals surface area contributed by atoms with Gasteiger partial charge in [-0.05, 0) is 32.0 Å². The minimum absolute atomic E-state index is 0. The predicted octanol–water partition coefficient (Wildman–Crippen LogP) is 3.26. The highest BCUT2D eigenvalue weighted by Gasteiger charge is 2.51. The van der Waals surface area contributed by atoms with Crippen molar-refractivity contribution in [1.29, 1.82) is 0 Å². The molecule has 4 aliphatic heterocycles. The Morgan fingerprint density at radius 3 is 2.62 bits per heavy atom. The number of rotatable bonds is 1. The highest BCUT2D eigenvalue weighted by Crippen LogP contribution is 2.42. The summed E-state index contributed by atoms with van der Waals surface area (Å²) in [6.45, 7) is 4.35. The fourth-order valence-corrected chi connectivity index (χ4v) is 4.53. The summed E-state index contributed by atoms with van der Waals surface area (Å²) in [7, 11) is 2.09. The van der Waals surface area contributed by atoms with Crippen LogP contribution >= 0.6 is 24.8 Å². The Hall–Kier alpha value is -1.23. The second-order valence-electron chi connectivity index (χ2n) is 7.01. The number of ether oxygens (including phenoxy) is 1. The average Bonchev–Trinajstić information content (AvgIpc) is 3.11. The van der Waals surface area contributed by atoms with Gasteiger partial charge in [-0.25, -0.2) is 4.99 Å². The molecular formula is C18H23Cl2N3O. The van der Waals surface area contributed by atoms with Crippen molar-refractivity contribution in [2.24, 2.45) is 18.0 Å². The highest BCUT2D eigenvalue weighted by atomic mass is 35.5. The first kappa shape index (κ1) is 17.6. The van der Waals surface area contributed by atoms with Gasteiger partial charge in [0.05, 0.1) is 12.1 Å². The van der Waals surface area contributed by atoms with Crippen LogP contribution in [0.5, 0.6) is 0 Å². The number of aliphatic imine (C=N–C) groups is 1. The van der Waals surface area contributed by atoms with E-state index in [1.54, 1.807) is 0 Å². The molecular weight excluding hydrogens is 345 g/mol. The first-order chi connectivity index (χ1) is 10.8. The number of hydrogen-bond donors (Lipinski definition) is 0. The maximum absolute atomic E-state index is 6.53. The molecule has 4 nitrogen and oxygen atoms in total. The predicted molar refractivity (Wildman–Crippen MR) is 102 cm³/mol. The minimum atomic E-state index is -0.0528. The quantitative estimate of drug-likeness (QED) is 0.773. The molecule has 6 rings (SSSR count). The van der Waals surface area contributed by atoms with E-state index >= 15 is 0 Å². The summed E-state index contributed by atoms with van der Waals surface area (Å²) in [5, 5.41) is 1.24. The summed E-state index contributed by atoms with van der Waals surface area (Å²) in [6.07, 6.45) is 4.68. The number of hydrogen-bond acceptors (Lipinski definition) is 3. The van der Waals surface area contributed by atoms with Crippen LogP contribution in [0.15, 0.2) is 35.5 Å². The van der Waals surface area contributed by atoms with Crippen LogP contribution in [0.4, 0.5) is 0 Å². The van der Waals surface area contributed by atoms with Crippen molar-refractivity contribution in [3.63, 3.8) is 0 Å². The van der Waals surface area contributed by atoms with Gasteiger partial charge in [0, 0.05) is 36.6 Å². The Kier molecular flexibility index (Phi) is 4.58. The third kappa shape index (κ3) is 2.43. The molecule has 5 heterocycles. The maximum atomic E-state index is 6.53. The van der Waals surface area contributed by atoms with Gasteiger partial charge in [0.15, 0.2) is 0 Å². The summed E-state index contributed by atoms with van der Waals surface area (Å²) in [6, 6.07) is 8.49. The van der Waals surface area contributed by atoms with Crippen molar-refractivity contribution >= 4 is 41.6 Å². The molecule has 24 heavy (non-hydrogen) atoms. The van der Waals surface area contributed by atoms with Crippen LogP contribution < -0.4 is 0 Å². The monoisotopic (exact) mass is 367 g/mol. The van der Waals surface area contributed by atoms with Crippen LogP contribution in [0.1, 0.15) is 18.4 Å². The zero-order chi connectivity index (χ0) is 14.7. The Balaban J connectivity index is 0.000000845. The second kappa shape index (κ2) is 6.25. The average molecular weight is 368 g/mol. The molecule has 1 spiro atoms. The zero-order valence-electron chi connectivity index (χ0n) is 13.8. The van der Waals surface area contributed by atoms with Crippen molar-refractivity contribution in [3.8, 4) is 0 Å². The molecule has 6 heteroatoms. The third-order valence-corrected chi connectivity index (χ3v) is 5.74. The number of piperidine rings is 3. The van der Waals surface area contributed by atoms with E-state index in [2.05, 4.69) is 47.0 Å². The molecule has 1 unspecified atom stereocenters. The van der Waals surface area contributed by atoms with Gasteiger partial charge < -0.3 is 9.30 Å². The number of fused-ring (bicyclic) bond motifs is 3. The van der Waals surface area contributed by atoms with Gasteiger partial charge in [-0.15, -0.1) is 24.8 Å². The summed E-state index contributed by atoms with van der Waals surface area (Å²) in [4.78, 5) is 7.36. The number of benzene rings is 1. The van der Waals surface area contributed by atoms with Crippen LogP contribution in [-0.4, -0.2) is 47.1 Å². The minimum Gasteiger partial charge on any atom is -0.467 e. The van der Waals surface area contributed by atoms with Crippen molar-refractivity contribution in [2.45, 2.75) is 18.4 Å². The smallest absolute Gasteiger partial charge is 0.219 e. The standard InChI is InChI=1S/C18H21N3O.2ClH/c1-20-10-15(14-4-2-3-5-16(14)20)17-19-11-18(22-17)12-21-8-6-13(18)7-9-21;;/h2-5,10,13H,6-9,11-12H2,1H3;2*1H. The number of para-hydroxylation sites is 1. The van der Waals surface area contributed by atoms with Gasteiger partial charge in [0.2, 0.25) is 5.90 Å². The maximum Gasteiger partial charge on any atom is 0.219 e. The van der Waals surface area contributed by atoms with Gasteiger partial charge in [-0.1, -0.05) is 18.2 Å². The molecule has 130 valence electrons. The molecule has 2 aromatic rings. The lowest BCUT2D eigenvalue weighted by molar-refractivity contribution is -0.0825. The third-order valence-electron chi connectivity index (χ3n) is 5.74. The lowest BCUT2D eigenvalue weighted by atomic mass is 9.75. The van der Waals surface area contributed by atoms with Gasteiger partial charge in [0.1, 0.15) is 5.60 Å². The number of aryl methyl sites for hydroxylation is 1. The number of aromatic nitrogens is 1. The normalized spacial score (nSPS) is 30.6. The van der Waals surface area contributed by atoms with E-state index in [-0.39, 0.29) is 30.4 Å². The molecule has 1 atom stereocenters. The molecule has 0 aliphatic carbocycles. The van der Waals surface area contributed by atoms with Gasteiger partial charge in [-0.2, -0.15) is 0 Å². The second-order valence-corrected chi connectivity index (χ2v) is 7.01. The van der Waals surface area contributed by atoms with Gasteiger partial charge in [-0.3, -0.25) is 4.90 Å². The van der Waals surface area contributed by atoms with Crippen molar-refractivity contribution < 1.29 is 4.74 Å². The van der Waals surface area contributed by atoms with Crippen LogP contribution in [0.3, 0.4) is 0 Å². The molecule has 3 fully saturated rings. The molecule has 0 amide bonds. The van der Waals surface area contributed by atoms with E-state index < -0.39 is 0 Å². The lowest BCUT2D eigenvalue weighted by Gasteiger charge is -2.50. The number of halogens is 2. The fourth-order valence-electron chi connectivity index (χ4n) is 4.53. The summed E-state index contributed by atoms with van der Waals surface area (Å²) >= 11 is 0. The Morgan fingerprint density at radius 2 is 1.92 bits per heavy atom. The van der Waals surface area contributed by atoms with Crippen molar-refractivity contribution in [1.82, 2.24) is 9.47 Å². The first-order valence-electron chi connectivity index (χ1n) is 8.25. The topological polar surface area (TPSA) is 29.8 Å². The van der Waals surface area contributed by atoms with Crippen LogP contribution in [0.25, 0.3) is 10.9 Å². The molecule has 0 N–H and O–H groups in total. The number of nitrogens with zero attached hydrogens (tertiary/aromatic N) is 3. The van der Waals surface area contributed by atoms with E-state index in [0.29, 0.717) is 5.92 Å². The van der Waals surface area contributed by atoms with Gasteiger partial charge in [0.25, 0.3) is 0 Å². The van der Waals surface area contributed by atoms with Crippen LogP contribution in [0.2, 0.25) is 0 Å². The summed E-state index contributed by atoms with van der Waals surface area (Å²) in [5.74, 6) is 1.53. The SMILES string of the molecule is Cl.Cl.Cn1cc(C2=NCC3(CN4CCC3CC4)O2)c2ccccc21. The van der Waals surface area contributed by atoms with Crippen molar-refractivity contribution in [2.75, 3.05) is 26.2 Å². The van der Waals surface area contributed by atoms with Gasteiger partial charge >= 0.3 is 0 Å². The van der Waals surface area contributed by atoms with E-state index in [1.165, 1.54) is 36.8 Å². The summed E-state index contributed by atoms with van der Waals surface area (Å²) < 4.78 is 8.69. The van der Waals surface area contributed by atoms with Crippen LogP contribution in [-0.2, 0) is 11.8 Å². The van der Waals surface area contributed by atoms with E-state index in [0.717, 1.165) is 24.6 Å². The van der Waals surface area contributed by atoms with Crippen LogP contribution in [0, 0.1) is 5.92 Å². The Morgan fingerprint density at radius 1 is 1.17 bits per heavy atom. The van der Waals surface area contributed by atoms with E-state index in [9.17, 15) is 0 Å². The molecule has 1 aromatic heterocycles. The molecule has 2 bridgehead atoms. The molecule has 3 saturated heterocycles. The van der Waals surface area contributed by atoms with Crippen molar-refractivity contribution in [3.05, 3.63) is 36.0 Å². The van der Waals surface area contributed by atoms with E-state index in [4.69, 9.17) is 9.73 Å². The molecule has 1 aromatic carbocycles. The lowest BCUT2D eigenvalue weighted by Crippen LogP contribution is -2.60. The fraction of sp³-hybridized carbons (Fsp3) is 0.500. The molecule has 4 aliphatic rings. The Labute approximate surface area is 154 Å². The van der Waals surface area contributed by atoms with E-state index in [1.807, 2.05) is 0 Å². The zero-order valence-corrected chi connectivity index (χ0v) is 15.4. The highest BCUT2D eigenvalue weighted by molar-refractivity contribution is 6.07. The molecule has 0 saturated carbocycles. The Bertz CT molecular complexity index is 780. The molecule has 0 radical (unpaired) electrons. The largest absolute Gasteiger partial charge is 0.467 e. The summed E-state index contributed by atoms with van der Waals surface area (Å²) in [5.41, 5.74) is 2.33. The first-order valence-corrected chi connectivity index (χ1v) is 8.25.